The van der Waals surface area contributed by atoms with E-state index >= 15 is 0 Å². The number of amides is 1. The maximum absolute atomic E-state index is 11.6. The van der Waals surface area contributed by atoms with Crippen molar-refractivity contribution in [2.75, 3.05) is 59.4 Å². The first-order valence-corrected chi connectivity index (χ1v) is 10.5. The normalized spacial score (nSPS) is 12.9. The highest BCUT2D eigenvalue weighted by Crippen LogP contribution is 2.12. The van der Waals surface area contributed by atoms with Gasteiger partial charge >= 0.3 is 0 Å². The molecule has 0 aliphatic carbocycles. The highest BCUT2D eigenvalue weighted by Gasteiger charge is 2.20. The molecule has 1 N–H and O–H groups in total. The fraction of sp³-hybridized carbons (Fsp3) is 0.952. The Morgan fingerprint density at radius 2 is 1.30 bits per heavy atom. The van der Waals surface area contributed by atoms with E-state index < -0.39 is 0 Å². The van der Waals surface area contributed by atoms with Crippen LogP contribution in [0.1, 0.15) is 60.3 Å². The molecular formula is C21H43NO5. The number of hydrogen-bond donors (Lipinski definition) is 1. The molecule has 0 saturated heterocycles. The lowest BCUT2D eigenvalue weighted by Gasteiger charge is -2.17. The van der Waals surface area contributed by atoms with Crippen LogP contribution in [0.3, 0.4) is 0 Å². The molecule has 0 aromatic rings. The molecule has 27 heavy (non-hydrogen) atoms. The van der Waals surface area contributed by atoms with Gasteiger partial charge in [0, 0.05) is 18.6 Å². The van der Waals surface area contributed by atoms with Crippen molar-refractivity contribution in [3.05, 3.63) is 0 Å². The lowest BCUT2D eigenvalue weighted by Crippen LogP contribution is -2.36. The number of rotatable bonds is 18. The van der Waals surface area contributed by atoms with Crippen LogP contribution in [0.5, 0.6) is 0 Å². The zero-order valence-corrected chi connectivity index (χ0v) is 18.3. The molecule has 0 bridgehead atoms. The van der Waals surface area contributed by atoms with Crippen molar-refractivity contribution in [1.29, 1.82) is 0 Å². The van der Waals surface area contributed by atoms with Crippen molar-refractivity contribution in [3.8, 4) is 0 Å². The molecule has 0 saturated carbocycles. The highest BCUT2D eigenvalue weighted by atomic mass is 16.6. The SMILES string of the molecule is CCCC(C)CCCOCCOCCOCCOCCNC(=O)C(C)(C)C. The Bertz CT molecular complexity index is 344. The molecule has 0 rings (SSSR count). The van der Waals surface area contributed by atoms with Gasteiger partial charge in [-0.05, 0) is 18.8 Å². The van der Waals surface area contributed by atoms with Crippen LogP contribution < -0.4 is 5.32 Å². The first-order chi connectivity index (χ1) is 12.9. The van der Waals surface area contributed by atoms with E-state index in [4.69, 9.17) is 18.9 Å². The van der Waals surface area contributed by atoms with Crippen LogP contribution in [0, 0.1) is 11.3 Å². The van der Waals surface area contributed by atoms with Gasteiger partial charge in [-0.25, -0.2) is 0 Å². The molecule has 6 nitrogen and oxygen atoms in total. The molecule has 0 spiro atoms. The Morgan fingerprint density at radius 3 is 1.78 bits per heavy atom. The minimum absolute atomic E-state index is 0.0366. The maximum Gasteiger partial charge on any atom is 0.225 e. The van der Waals surface area contributed by atoms with Crippen LogP contribution in [0.2, 0.25) is 0 Å². The Balaban J connectivity index is 3.16. The van der Waals surface area contributed by atoms with Gasteiger partial charge in [-0.15, -0.1) is 0 Å². The van der Waals surface area contributed by atoms with Crippen molar-refractivity contribution in [2.45, 2.75) is 60.3 Å². The molecule has 6 heteroatoms. The van der Waals surface area contributed by atoms with Crippen molar-refractivity contribution in [1.82, 2.24) is 5.32 Å². The topological polar surface area (TPSA) is 66.0 Å². The predicted octanol–water partition coefficient (Wildman–Crippen LogP) is 3.43. The van der Waals surface area contributed by atoms with E-state index in [-0.39, 0.29) is 11.3 Å². The molecule has 1 atom stereocenters. The minimum atomic E-state index is -0.360. The third kappa shape index (κ3) is 18.4. The van der Waals surface area contributed by atoms with E-state index in [0.29, 0.717) is 52.8 Å². The summed E-state index contributed by atoms with van der Waals surface area (Å²) >= 11 is 0. The predicted molar refractivity (Wildman–Crippen MR) is 109 cm³/mol. The van der Waals surface area contributed by atoms with Crippen molar-refractivity contribution >= 4 is 5.91 Å². The fourth-order valence-corrected chi connectivity index (χ4v) is 2.43. The third-order valence-corrected chi connectivity index (χ3v) is 4.10. The van der Waals surface area contributed by atoms with Gasteiger partial charge in [-0.3, -0.25) is 4.79 Å². The standard InChI is InChI=1S/C21H43NO5/c1-6-8-19(2)9-7-11-24-13-15-26-17-18-27-16-14-25-12-10-22-20(23)21(3,4)5/h19H,6-18H2,1-5H3,(H,22,23). The molecule has 0 aliphatic heterocycles. The van der Waals surface area contributed by atoms with E-state index in [9.17, 15) is 4.79 Å². The lowest BCUT2D eigenvalue weighted by molar-refractivity contribution is -0.128. The molecule has 0 fully saturated rings. The summed E-state index contributed by atoms with van der Waals surface area (Å²) in [4.78, 5) is 11.6. The third-order valence-electron chi connectivity index (χ3n) is 4.10. The van der Waals surface area contributed by atoms with Crippen molar-refractivity contribution in [3.63, 3.8) is 0 Å². The van der Waals surface area contributed by atoms with Gasteiger partial charge in [0.2, 0.25) is 5.91 Å². The number of carbonyl (C=O) groups is 1. The minimum Gasteiger partial charge on any atom is -0.379 e. The Kier molecular flexibility index (Phi) is 17.0. The summed E-state index contributed by atoms with van der Waals surface area (Å²) < 4.78 is 21.9. The highest BCUT2D eigenvalue weighted by molar-refractivity contribution is 5.81. The Morgan fingerprint density at radius 1 is 0.815 bits per heavy atom. The van der Waals surface area contributed by atoms with Crippen LogP contribution in [0.25, 0.3) is 0 Å². The molecule has 0 aromatic heterocycles. The summed E-state index contributed by atoms with van der Waals surface area (Å²) in [5.41, 5.74) is -0.360. The lowest BCUT2D eigenvalue weighted by atomic mass is 9.96. The van der Waals surface area contributed by atoms with E-state index in [1.165, 1.54) is 19.3 Å². The van der Waals surface area contributed by atoms with Gasteiger partial charge in [0.1, 0.15) is 0 Å². The van der Waals surface area contributed by atoms with Crippen LogP contribution in [0.15, 0.2) is 0 Å². The first-order valence-electron chi connectivity index (χ1n) is 10.5. The van der Waals surface area contributed by atoms with Gasteiger partial charge < -0.3 is 24.3 Å². The molecule has 0 heterocycles. The summed E-state index contributed by atoms with van der Waals surface area (Å²) in [6.07, 6.45) is 4.94. The summed E-state index contributed by atoms with van der Waals surface area (Å²) in [5.74, 6) is 0.841. The average molecular weight is 390 g/mol. The molecule has 162 valence electrons. The summed E-state index contributed by atoms with van der Waals surface area (Å²) in [6.45, 7) is 15.5. The van der Waals surface area contributed by atoms with Gasteiger partial charge in [0.25, 0.3) is 0 Å². The maximum atomic E-state index is 11.6. The molecule has 0 aromatic carbocycles. The molecule has 0 radical (unpaired) electrons. The van der Waals surface area contributed by atoms with Gasteiger partial charge in [-0.2, -0.15) is 0 Å². The van der Waals surface area contributed by atoms with E-state index in [2.05, 4.69) is 19.2 Å². The number of ether oxygens (including phenoxy) is 4. The van der Waals surface area contributed by atoms with Crippen LogP contribution in [0.4, 0.5) is 0 Å². The zero-order chi connectivity index (χ0) is 20.4. The summed E-state index contributed by atoms with van der Waals surface area (Å²) in [5, 5.41) is 2.84. The van der Waals surface area contributed by atoms with Crippen LogP contribution >= 0.6 is 0 Å². The number of hydrogen-bond acceptors (Lipinski definition) is 5. The second-order valence-electron chi connectivity index (χ2n) is 7.99. The van der Waals surface area contributed by atoms with Gasteiger partial charge in [0.05, 0.1) is 46.2 Å². The Hall–Kier alpha value is -0.690. The second-order valence-corrected chi connectivity index (χ2v) is 7.99. The average Bonchev–Trinajstić information content (AvgIpc) is 2.60. The van der Waals surface area contributed by atoms with E-state index in [1.807, 2.05) is 20.8 Å². The van der Waals surface area contributed by atoms with E-state index in [0.717, 1.165) is 18.9 Å². The first kappa shape index (κ1) is 26.3. The monoisotopic (exact) mass is 389 g/mol. The second kappa shape index (κ2) is 17.4. The molecular weight excluding hydrogens is 346 g/mol. The van der Waals surface area contributed by atoms with Crippen molar-refractivity contribution < 1.29 is 23.7 Å². The molecule has 1 amide bonds. The summed E-state index contributed by atoms with van der Waals surface area (Å²) in [7, 11) is 0. The number of nitrogens with one attached hydrogen (secondary N) is 1. The van der Waals surface area contributed by atoms with Crippen molar-refractivity contribution in [2.24, 2.45) is 11.3 Å². The Labute approximate surface area is 166 Å². The zero-order valence-electron chi connectivity index (χ0n) is 18.3. The van der Waals surface area contributed by atoms with E-state index in [1.54, 1.807) is 0 Å². The van der Waals surface area contributed by atoms with Gasteiger partial charge in [0.15, 0.2) is 0 Å². The number of carbonyl (C=O) groups excluding carboxylic acids is 1. The van der Waals surface area contributed by atoms with Crippen LogP contribution in [-0.2, 0) is 23.7 Å². The summed E-state index contributed by atoms with van der Waals surface area (Å²) in [6, 6.07) is 0. The van der Waals surface area contributed by atoms with Crippen LogP contribution in [-0.4, -0.2) is 65.3 Å². The smallest absolute Gasteiger partial charge is 0.225 e. The van der Waals surface area contributed by atoms with Gasteiger partial charge in [-0.1, -0.05) is 47.5 Å². The largest absolute Gasteiger partial charge is 0.379 e. The molecule has 1 unspecified atom stereocenters. The quantitative estimate of drug-likeness (QED) is 0.364. The molecule has 0 aliphatic rings. The fourth-order valence-electron chi connectivity index (χ4n) is 2.43.